The summed E-state index contributed by atoms with van der Waals surface area (Å²) < 4.78 is 41.0. The third-order valence-corrected chi connectivity index (χ3v) is 6.28. The first-order valence-corrected chi connectivity index (χ1v) is 12.0. The zero-order valence-corrected chi connectivity index (χ0v) is 20.1. The van der Waals surface area contributed by atoms with Crippen LogP contribution in [0.3, 0.4) is 0 Å². The van der Waals surface area contributed by atoms with Gasteiger partial charge in [0.15, 0.2) is 0 Å². The van der Waals surface area contributed by atoms with Crippen LogP contribution < -0.4 is 15.4 Å². The second-order valence-electron chi connectivity index (χ2n) is 8.83. The van der Waals surface area contributed by atoms with Crippen molar-refractivity contribution in [3.63, 3.8) is 0 Å². The molecule has 3 rings (SSSR count). The molecule has 3 N–H and O–H groups in total. The molecular formula is C25H26FN3O4S. The second kappa shape index (κ2) is 9.64. The summed E-state index contributed by atoms with van der Waals surface area (Å²) in [4.78, 5) is 24.7. The van der Waals surface area contributed by atoms with Gasteiger partial charge in [-0.3, -0.25) is 14.3 Å². The Balaban J connectivity index is 1.68. The van der Waals surface area contributed by atoms with Crippen LogP contribution in [0.5, 0.6) is 0 Å². The molecule has 0 unspecified atom stereocenters. The Morgan fingerprint density at radius 2 is 1.44 bits per heavy atom. The van der Waals surface area contributed by atoms with Crippen molar-refractivity contribution in [2.24, 2.45) is 5.41 Å². The van der Waals surface area contributed by atoms with Gasteiger partial charge in [-0.1, -0.05) is 26.8 Å². The van der Waals surface area contributed by atoms with Crippen LogP contribution in [0, 0.1) is 18.2 Å². The van der Waals surface area contributed by atoms with Gasteiger partial charge < -0.3 is 10.6 Å². The highest BCUT2D eigenvalue weighted by Crippen LogP contribution is 2.22. The average molecular weight is 484 g/mol. The lowest BCUT2D eigenvalue weighted by Gasteiger charge is -2.18. The van der Waals surface area contributed by atoms with Crippen molar-refractivity contribution in [2.75, 3.05) is 15.4 Å². The lowest BCUT2D eigenvalue weighted by Crippen LogP contribution is -2.27. The van der Waals surface area contributed by atoms with E-state index in [2.05, 4.69) is 15.4 Å². The Hall–Kier alpha value is -3.72. The topological polar surface area (TPSA) is 104 Å². The van der Waals surface area contributed by atoms with Gasteiger partial charge in [0.1, 0.15) is 5.82 Å². The minimum absolute atomic E-state index is 0.0633. The maximum absolute atomic E-state index is 13.4. The maximum atomic E-state index is 13.4. The monoisotopic (exact) mass is 483 g/mol. The number of aryl methyl sites for hydroxylation is 1. The van der Waals surface area contributed by atoms with Crippen LogP contribution in [0.4, 0.5) is 21.5 Å². The van der Waals surface area contributed by atoms with Gasteiger partial charge in [0.05, 0.1) is 4.90 Å². The molecule has 2 amide bonds. The fraction of sp³-hybridized carbons (Fsp3) is 0.200. The minimum atomic E-state index is -3.91. The Morgan fingerprint density at radius 1 is 0.824 bits per heavy atom. The van der Waals surface area contributed by atoms with Gasteiger partial charge in [0.2, 0.25) is 5.91 Å². The van der Waals surface area contributed by atoms with Gasteiger partial charge in [-0.15, -0.1) is 0 Å². The van der Waals surface area contributed by atoms with Crippen LogP contribution in [0.1, 0.15) is 36.7 Å². The van der Waals surface area contributed by atoms with Crippen LogP contribution in [-0.2, 0) is 14.8 Å². The van der Waals surface area contributed by atoms with E-state index in [1.807, 2.05) is 0 Å². The number of hydrogen-bond acceptors (Lipinski definition) is 4. The number of carbonyl (C=O) groups is 2. The van der Waals surface area contributed by atoms with Crippen molar-refractivity contribution in [2.45, 2.75) is 32.6 Å². The SMILES string of the molecule is Cc1cc(S(=O)(=O)Nc2ccc(C(=O)Nc3cccc(NC(=O)C(C)(C)C)c3)cc2)ccc1F. The zero-order chi connectivity index (χ0) is 25.1. The van der Waals surface area contributed by atoms with Crippen molar-refractivity contribution < 1.29 is 22.4 Å². The highest BCUT2D eigenvalue weighted by molar-refractivity contribution is 7.92. The molecule has 0 spiro atoms. The number of amides is 2. The minimum Gasteiger partial charge on any atom is -0.326 e. The first-order valence-electron chi connectivity index (χ1n) is 10.5. The van der Waals surface area contributed by atoms with Crippen molar-refractivity contribution in [1.29, 1.82) is 0 Å². The molecule has 0 aliphatic rings. The van der Waals surface area contributed by atoms with Crippen molar-refractivity contribution in [1.82, 2.24) is 0 Å². The summed E-state index contributed by atoms with van der Waals surface area (Å²) in [7, 11) is -3.91. The van der Waals surface area contributed by atoms with E-state index >= 15 is 0 Å². The van der Waals surface area contributed by atoms with Crippen LogP contribution in [0.15, 0.2) is 71.6 Å². The molecule has 0 saturated heterocycles. The highest BCUT2D eigenvalue weighted by Gasteiger charge is 2.21. The van der Waals surface area contributed by atoms with Gasteiger partial charge in [-0.25, -0.2) is 12.8 Å². The molecule has 0 heterocycles. The van der Waals surface area contributed by atoms with Gasteiger partial charge in [-0.2, -0.15) is 0 Å². The quantitative estimate of drug-likeness (QED) is 0.450. The molecule has 0 saturated carbocycles. The number of hydrogen-bond donors (Lipinski definition) is 3. The Bertz CT molecular complexity index is 1330. The maximum Gasteiger partial charge on any atom is 0.261 e. The molecule has 0 aliphatic heterocycles. The van der Waals surface area contributed by atoms with E-state index in [0.717, 1.165) is 6.07 Å². The van der Waals surface area contributed by atoms with Crippen molar-refractivity contribution in [3.05, 3.63) is 83.7 Å². The van der Waals surface area contributed by atoms with Gasteiger partial charge in [-0.05, 0) is 73.2 Å². The smallest absolute Gasteiger partial charge is 0.261 e. The number of carbonyl (C=O) groups excluding carboxylic acids is 2. The summed E-state index contributed by atoms with van der Waals surface area (Å²) in [6.45, 7) is 6.89. The molecule has 0 fully saturated rings. The molecule has 3 aromatic carbocycles. The third-order valence-electron chi connectivity index (χ3n) is 4.90. The molecule has 178 valence electrons. The summed E-state index contributed by atoms with van der Waals surface area (Å²) in [6.07, 6.45) is 0. The molecule has 3 aromatic rings. The van der Waals surface area contributed by atoms with E-state index in [9.17, 15) is 22.4 Å². The van der Waals surface area contributed by atoms with Gasteiger partial charge in [0.25, 0.3) is 15.9 Å². The molecule has 7 nitrogen and oxygen atoms in total. The summed E-state index contributed by atoms with van der Waals surface area (Å²) in [5.74, 6) is -1.04. The summed E-state index contributed by atoms with van der Waals surface area (Å²) in [5, 5.41) is 5.56. The summed E-state index contributed by atoms with van der Waals surface area (Å²) >= 11 is 0. The second-order valence-corrected chi connectivity index (χ2v) is 10.5. The molecule has 0 bridgehead atoms. The number of benzene rings is 3. The van der Waals surface area contributed by atoms with Crippen LogP contribution >= 0.6 is 0 Å². The Morgan fingerprint density at radius 3 is 2.03 bits per heavy atom. The summed E-state index contributed by atoms with van der Waals surface area (Å²) in [5.41, 5.74) is 1.27. The predicted molar refractivity (Wildman–Crippen MR) is 131 cm³/mol. The molecule has 34 heavy (non-hydrogen) atoms. The lowest BCUT2D eigenvalue weighted by atomic mass is 9.95. The normalized spacial score (nSPS) is 11.6. The first-order chi connectivity index (χ1) is 15.8. The van der Waals surface area contributed by atoms with Crippen LogP contribution in [-0.4, -0.2) is 20.2 Å². The lowest BCUT2D eigenvalue weighted by molar-refractivity contribution is -0.123. The third kappa shape index (κ3) is 6.20. The number of nitrogens with one attached hydrogen (secondary N) is 3. The molecule has 0 atom stereocenters. The number of rotatable bonds is 6. The van der Waals surface area contributed by atoms with Crippen molar-refractivity contribution >= 4 is 38.9 Å². The standard InChI is InChI=1S/C25H26FN3O4S/c1-16-14-21(12-13-22(16)26)34(32,33)29-18-10-8-17(9-11-18)23(30)27-19-6-5-7-20(15-19)28-24(31)25(2,3)4/h5-15,29H,1-4H3,(H,27,30)(H,28,31). The first kappa shape index (κ1) is 24.9. The van der Waals surface area contributed by atoms with E-state index in [-0.39, 0.29) is 22.1 Å². The molecule has 0 radical (unpaired) electrons. The Kier molecular flexibility index (Phi) is 7.07. The molecule has 9 heteroatoms. The largest absolute Gasteiger partial charge is 0.326 e. The fourth-order valence-corrected chi connectivity index (χ4v) is 4.03. The fourth-order valence-electron chi connectivity index (χ4n) is 2.88. The predicted octanol–water partition coefficient (Wildman–Crippen LogP) is 5.17. The Labute approximate surface area is 198 Å². The van der Waals surface area contributed by atoms with Crippen LogP contribution in [0.2, 0.25) is 0 Å². The number of anilines is 3. The van der Waals surface area contributed by atoms with E-state index in [0.29, 0.717) is 16.9 Å². The summed E-state index contributed by atoms with van der Waals surface area (Å²) in [6, 6.07) is 16.2. The van der Waals surface area contributed by atoms with E-state index < -0.39 is 27.2 Å². The average Bonchev–Trinajstić information content (AvgIpc) is 2.75. The van der Waals surface area contributed by atoms with Gasteiger partial charge >= 0.3 is 0 Å². The zero-order valence-electron chi connectivity index (χ0n) is 19.3. The van der Waals surface area contributed by atoms with E-state index in [1.54, 1.807) is 45.0 Å². The molecular weight excluding hydrogens is 457 g/mol. The van der Waals surface area contributed by atoms with Crippen LogP contribution in [0.25, 0.3) is 0 Å². The molecule has 0 aromatic heterocycles. The number of halogens is 1. The molecule has 0 aliphatic carbocycles. The van der Waals surface area contributed by atoms with E-state index in [1.165, 1.54) is 43.3 Å². The van der Waals surface area contributed by atoms with Gasteiger partial charge in [0, 0.05) is 28.0 Å². The number of sulfonamides is 1. The van der Waals surface area contributed by atoms with E-state index in [4.69, 9.17) is 0 Å². The van der Waals surface area contributed by atoms with Crippen molar-refractivity contribution in [3.8, 4) is 0 Å². The highest BCUT2D eigenvalue weighted by atomic mass is 32.2.